The molecule has 0 spiro atoms. The molecule has 0 fully saturated rings. The van der Waals surface area contributed by atoms with Crippen molar-refractivity contribution >= 4 is 5.97 Å². The second-order valence-electron chi connectivity index (χ2n) is 5.14. The summed E-state index contributed by atoms with van der Waals surface area (Å²) in [6.07, 6.45) is 0.260. The van der Waals surface area contributed by atoms with Gasteiger partial charge in [-0.2, -0.15) is 13.2 Å². The molecule has 1 aromatic rings. The minimum Gasteiger partial charge on any atom is -0.459 e. The Hall–Kier alpha value is -1.52. The minimum atomic E-state index is -4.46. The number of alkyl halides is 3. The molecule has 0 aliphatic carbocycles. The van der Waals surface area contributed by atoms with Crippen LogP contribution in [0.15, 0.2) is 24.3 Å². The van der Waals surface area contributed by atoms with E-state index >= 15 is 0 Å². The molecule has 0 aliphatic rings. The zero-order valence-electron chi connectivity index (χ0n) is 12.4. The van der Waals surface area contributed by atoms with Gasteiger partial charge >= 0.3 is 12.1 Å². The number of hydrogen-bond acceptors (Lipinski definition) is 2. The zero-order valence-corrected chi connectivity index (χ0v) is 12.4. The summed E-state index contributed by atoms with van der Waals surface area (Å²) in [5.41, 5.74) is -0.905. The molecule has 5 heteroatoms. The van der Waals surface area contributed by atoms with Crippen molar-refractivity contribution in [3.63, 3.8) is 0 Å². The molecule has 21 heavy (non-hydrogen) atoms. The third-order valence-electron chi connectivity index (χ3n) is 3.20. The van der Waals surface area contributed by atoms with Crippen LogP contribution in [0.3, 0.4) is 0 Å². The van der Waals surface area contributed by atoms with Gasteiger partial charge in [0.05, 0.1) is 17.2 Å². The van der Waals surface area contributed by atoms with Gasteiger partial charge in [-0.3, -0.25) is 0 Å². The number of ether oxygens (including phenoxy) is 1. The summed E-state index contributed by atoms with van der Waals surface area (Å²) in [6, 6.07) is 4.31. The molecule has 1 rings (SSSR count). The van der Waals surface area contributed by atoms with Crippen molar-refractivity contribution in [2.24, 2.45) is 0 Å². The van der Waals surface area contributed by atoms with E-state index in [1.165, 1.54) is 12.1 Å². The van der Waals surface area contributed by atoms with Crippen LogP contribution in [0.2, 0.25) is 0 Å². The van der Waals surface area contributed by atoms with Crippen molar-refractivity contribution < 1.29 is 22.7 Å². The second-order valence-corrected chi connectivity index (χ2v) is 5.14. The van der Waals surface area contributed by atoms with Crippen LogP contribution in [0.5, 0.6) is 0 Å². The Morgan fingerprint density at radius 2 is 1.95 bits per heavy atom. The van der Waals surface area contributed by atoms with Crippen molar-refractivity contribution in [1.29, 1.82) is 0 Å². The Balaban J connectivity index is 2.55. The standard InChI is InChI=1S/C16H21F3O2/c1-3-4-5-6-8-12(2)21-15(20)13-9-7-10-14(11-13)16(17,18)19/h7,9-12H,3-6,8H2,1-2H3. The Labute approximate surface area is 123 Å². The fourth-order valence-electron chi connectivity index (χ4n) is 1.99. The quantitative estimate of drug-likeness (QED) is 0.510. The monoisotopic (exact) mass is 302 g/mol. The highest BCUT2D eigenvalue weighted by molar-refractivity contribution is 5.89. The summed E-state index contributed by atoms with van der Waals surface area (Å²) in [7, 11) is 0. The van der Waals surface area contributed by atoms with E-state index in [-0.39, 0.29) is 11.7 Å². The number of benzene rings is 1. The van der Waals surface area contributed by atoms with Crippen molar-refractivity contribution in [3.05, 3.63) is 35.4 Å². The predicted octanol–water partition coefficient (Wildman–Crippen LogP) is 5.22. The lowest BCUT2D eigenvalue weighted by Crippen LogP contribution is -2.16. The molecule has 0 amide bonds. The van der Waals surface area contributed by atoms with Gasteiger partial charge in [-0.15, -0.1) is 0 Å². The van der Waals surface area contributed by atoms with Gasteiger partial charge in [0.2, 0.25) is 0 Å². The average Bonchev–Trinajstić information content (AvgIpc) is 2.43. The zero-order chi connectivity index (χ0) is 15.9. The molecule has 0 bridgehead atoms. The van der Waals surface area contributed by atoms with E-state index in [1.54, 1.807) is 6.92 Å². The number of unbranched alkanes of at least 4 members (excludes halogenated alkanes) is 3. The third kappa shape index (κ3) is 6.19. The topological polar surface area (TPSA) is 26.3 Å². The maximum Gasteiger partial charge on any atom is 0.416 e. The van der Waals surface area contributed by atoms with Crippen molar-refractivity contribution in [1.82, 2.24) is 0 Å². The van der Waals surface area contributed by atoms with E-state index in [4.69, 9.17) is 4.74 Å². The second kappa shape index (κ2) is 8.05. The molecule has 0 radical (unpaired) electrons. The van der Waals surface area contributed by atoms with Gasteiger partial charge in [-0.1, -0.05) is 32.3 Å². The maximum absolute atomic E-state index is 12.6. The van der Waals surface area contributed by atoms with Crippen LogP contribution >= 0.6 is 0 Å². The number of halogens is 3. The van der Waals surface area contributed by atoms with E-state index in [2.05, 4.69) is 6.92 Å². The number of carbonyl (C=O) groups excluding carboxylic acids is 1. The van der Waals surface area contributed by atoms with Gasteiger partial charge < -0.3 is 4.74 Å². The first-order chi connectivity index (χ1) is 9.84. The largest absolute Gasteiger partial charge is 0.459 e. The molecule has 2 nitrogen and oxygen atoms in total. The van der Waals surface area contributed by atoms with Crippen LogP contribution in [0.4, 0.5) is 13.2 Å². The highest BCUT2D eigenvalue weighted by Gasteiger charge is 2.31. The molecule has 0 heterocycles. The van der Waals surface area contributed by atoms with E-state index < -0.39 is 17.7 Å². The molecule has 0 aliphatic heterocycles. The molecule has 0 aromatic heterocycles. The minimum absolute atomic E-state index is 0.0646. The summed E-state index contributed by atoms with van der Waals surface area (Å²) in [5.74, 6) is -0.705. The smallest absolute Gasteiger partial charge is 0.416 e. The highest BCUT2D eigenvalue weighted by Crippen LogP contribution is 2.29. The predicted molar refractivity (Wildman–Crippen MR) is 75.1 cm³/mol. The fraction of sp³-hybridized carbons (Fsp3) is 0.562. The van der Waals surface area contributed by atoms with Crippen LogP contribution in [-0.2, 0) is 10.9 Å². The van der Waals surface area contributed by atoms with E-state index in [0.717, 1.165) is 44.2 Å². The Morgan fingerprint density at radius 3 is 2.57 bits per heavy atom. The van der Waals surface area contributed by atoms with Crippen LogP contribution in [0.1, 0.15) is 61.9 Å². The molecule has 1 atom stereocenters. The molecule has 0 saturated carbocycles. The van der Waals surface area contributed by atoms with Gasteiger partial charge in [0.25, 0.3) is 0 Å². The average molecular weight is 302 g/mol. The van der Waals surface area contributed by atoms with Crippen LogP contribution in [0, 0.1) is 0 Å². The van der Waals surface area contributed by atoms with Crippen molar-refractivity contribution in [3.8, 4) is 0 Å². The molecule has 118 valence electrons. The lowest BCUT2D eigenvalue weighted by Gasteiger charge is -2.14. The molecule has 1 unspecified atom stereocenters. The summed E-state index contributed by atoms with van der Waals surface area (Å²) < 4.78 is 42.9. The molecule has 0 N–H and O–H groups in total. The normalized spacial score (nSPS) is 13.0. The lowest BCUT2D eigenvalue weighted by molar-refractivity contribution is -0.137. The van der Waals surface area contributed by atoms with Crippen LogP contribution in [0.25, 0.3) is 0 Å². The maximum atomic E-state index is 12.6. The van der Waals surface area contributed by atoms with Gasteiger partial charge in [0.15, 0.2) is 0 Å². The summed E-state index contributed by atoms with van der Waals surface area (Å²) in [4.78, 5) is 11.8. The first-order valence-electron chi connectivity index (χ1n) is 7.22. The number of esters is 1. The highest BCUT2D eigenvalue weighted by atomic mass is 19.4. The lowest BCUT2D eigenvalue weighted by atomic mass is 10.1. The summed E-state index contributed by atoms with van der Waals surface area (Å²) in [6.45, 7) is 3.87. The Kier molecular flexibility index (Phi) is 6.72. The van der Waals surface area contributed by atoms with Crippen molar-refractivity contribution in [2.45, 2.75) is 58.2 Å². The Morgan fingerprint density at radius 1 is 1.24 bits per heavy atom. The van der Waals surface area contributed by atoms with E-state index in [0.29, 0.717) is 0 Å². The van der Waals surface area contributed by atoms with Gasteiger partial charge in [-0.25, -0.2) is 4.79 Å². The van der Waals surface area contributed by atoms with Crippen molar-refractivity contribution in [2.75, 3.05) is 0 Å². The fourth-order valence-corrected chi connectivity index (χ4v) is 1.99. The summed E-state index contributed by atoms with van der Waals surface area (Å²) >= 11 is 0. The molecular weight excluding hydrogens is 281 g/mol. The van der Waals surface area contributed by atoms with E-state index in [1.807, 2.05) is 0 Å². The van der Waals surface area contributed by atoms with Crippen LogP contribution in [-0.4, -0.2) is 12.1 Å². The number of rotatable bonds is 7. The van der Waals surface area contributed by atoms with E-state index in [9.17, 15) is 18.0 Å². The Bertz CT molecular complexity index is 455. The van der Waals surface area contributed by atoms with Gasteiger partial charge in [-0.05, 0) is 38.0 Å². The van der Waals surface area contributed by atoms with Gasteiger partial charge in [0.1, 0.15) is 0 Å². The van der Waals surface area contributed by atoms with Crippen LogP contribution < -0.4 is 0 Å². The third-order valence-corrected chi connectivity index (χ3v) is 3.20. The first-order valence-corrected chi connectivity index (χ1v) is 7.22. The SMILES string of the molecule is CCCCCCC(C)OC(=O)c1cccc(C(F)(F)F)c1. The molecule has 0 saturated heterocycles. The molecule has 1 aromatic carbocycles. The first kappa shape index (κ1) is 17.5. The summed E-state index contributed by atoms with van der Waals surface area (Å²) in [5, 5.41) is 0. The molecular formula is C16H21F3O2. The number of hydrogen-bond donors (Lipinski definition) is 0. The van der Waals surface area contributed by atoms with Gasteiger partial charge in [0, 0.05) is 0 Å². The number of carbonyl (C=O) groups is 1.